The second-order valence-electron chi connectivity index (χ2n) is 4.01. The van der Waals surface area contributed by atoms with Crippen LogP contribution in [-0.2, 0) is 9.84 Å². The van der Waals surface area contributed by atoms with Gasteiger partial charge in [0.05, 0.1) is 4.90 Å². The molecule has 0 bridgehead atoms. The maximum atomic E-state index is 12.5. The van der Waals surface area contributed by atoms with Gasteiger partial charge in [0, 0.05) is 15.2 Å². The minimum atomic E-state index is -3.44. The van der Waals surface area contributed by atoms with Crippen LogP contribution in [0.1, 0.15) is 0 Å². The van der Waals surface area contributed by atoms with Gasteiger partial charge < -0.3 is 0 Å². The van der Waals surface area contributed by atoms with Crippen molar-refractivity contribution < 1.29 is 8.42 Å². The van der Waals surface area contributed by atoms with Crippen molar-refractivity contribution in [2.45, 2.75) is 14.4 Å². The fourth-order valence-corrected chi connectivity index (χ4v) is 5.39. The van der Waals surface area contributed by atoms with Crippen LogP contribution in [-0.4, -0.2) is 18.9 Å². The average Bonchev–Trinajstić information content (AvgIpc) is 2.47. The minimum Gasteiger partial charge on any atom is -0.222 e. The zero-order valence-electron chi connectivity index (χ0n) is 10.4. The molecule has 0 aromatic heterocycles. The molecule has 2 nitrogen and oxygen atoms in total. The van der Waals surface area contributed by atoms with Gasteiger partial charge in [-0.1, -0.05) is 34.1 Å². The summed E-state index contributed by atoms with van der Waals surface area (Å²) in [5, 5.41) is 0. The molecule has 2 aromatic carbocycles. The highest BCUT2D eigenvalue weighted by molar-refractivity contribution is 9.10. The van der Waals surface area contributed by atoms with Crippen LogP contribution in [0.25, 0.3) is 0 Å². The Morgan fingerprint density at radius 1 is 1.05 bits per heavy atom. The maximum absolute atomic E-state index is 12.5. The minimum absolute atomic E-state index is 0.0396. The number of sulfone groups is 1. The molecular formula is C14H12BrClO2S2. The third-order valence-electron chi connectivity index (χ3n) is 2.62. The van der Waals surface area contributed by atoms with Crippen molar-refractivity contribution in [2.75, 3.05) is 5.88 Å². The summed E-state index contributed by atoms with van der Waals surface area (Å²) >= 11 is 10.5. The van der Waals surface area contributed by atoms with Gasteiger partial charge in [0.25, 0.3) is 0 Å². The van der Waals surface area contributed by atoms with E-state index in [1.807, 2.05) is 24.3 Å². The van der Waals surface area contributed by atoms with Gasteiger partial charge in [0.15, 0.2) is 9.84 Å². The highest BCUT2D eigenvalue weighted by atomic mass is 79.9. The first kappa shape index (κ1) is 15.9. The van der Waals surface area contributed by atoms with Crippen LogP contribution in [0.15, 0.2) is 68.9 Å². The molecule has 0 aliphatic carbocycles. The highest BCUT2D eigenvalue weighted by Gasteiger charge is 2.27. The average molecular weight is 392 g/mol. The number of thioether (sulfide) groups is 1. The van der Waals surface area contributed by atoms with Crippen molar-refractivity contribution in [2.24, 2.45) is 0 Å². The van der Waals surface area contributed by atoms with E-state index in [9.17, 15) is 8.42 Å². The molecule has 2 rings (SSSR count). The van der Waals surface area contributed by atoms with Gasteiger partial charge in [-0.05, 0) is 36.4 Å². The van der Waals surface area contributed by atoms with Crippen LogP contribution in [0.2, 0.25) is 0 Å². The van der Waals surface area contributed by atoms with E-state index < -0.39 is 14.4 Å². The van der Waals surface area contributed by atoms with E-state index in [0.29, 0.717) is 4.90 Å². The van der Waals surface area contributed by atoms with Crippen LogP contribution in [0.4, 0.5) is 0 Å². The standard InChI is InChI=1S/C14H12BrClO2S2/c15-11-6-8-12(9-7-11)19-14(10-16)20(17,18)13-4-2-1-3-5-13/h1-9,14H,10H2. The number of hydrogen-bond acceptors (Lipinski definition) is 3. The fraction of sp³-hybridized carbons (Fsp3) is 0.143. The van der Waals surface area contributed by atoms with Crippen molar-refractivity contribution in [3.63, 3.8) is 0 Å². The summed E-state index contributed by atoms with van der Waals surface area (Å²) in [4.78, 5) is 1.17. The lowest BCUT2D eigenvalue weighted by molar-refractivity contribution is 0.595. The number of hydrogen-bond donors (Lipinski definition) is 0. The highest BCUT2D eigenvalue weighted by Crippen LogP contribution is 2.32. The van der Waals surface area contributed by atoms with Gasteiger partial charge in [-0.2, -0.15) is 0 Å². The Hall–Kier alpha value is -0.490. The first-order valence-corrected chi connectivity index (χ1v) is 9.56. The predicted octanol–water partition coefficient (Wildman–Crippen LogP) is 4.58. The summed E-state index contributed by atoms with van der Waals surface area (Å²) in [6, 6.07) is 15.9. The first-order chi connectivity index (χ1) is 9.54. The largest absolute Gasteiger partial charge is 0.222 e. The molecule has 2 aromatic rings. The Labute approximate surface area is 136 Å². The zero-order valence-corrected chi connectivity index (χ0v) is 14.3. The van der Waals surface area contributed by atoms with Crippen LogP contribution in [0.5, 0.6) is 0 Å². The second-order valence-corrected chi connectivity index (χ2v) is 8.94. The Bertz CT molecular complexity index is 657. The quantitative estimate of drug-likeness (QED) is 0.552. The van der Waals surface area contributed by atoms with Gasteiger partial charge in [0.2, 0.25) is 0 Å². The van der Waals surface area contributed by atoms with E-state index in [0.717, 1.165) is 9.37 Å². The van der Waals surface area contributed by atoms with Crippen LogP contribution >= 0.6 is 39.3 Å². The molecule has 0 amide bonds. The Kier molecular flexibility index (Phi) is 5.55. The molecule has 0 aliphatic rings. The monoisotopic (exact) mass is 390 g/mol. The van der Waals surface area contributed by atoms with E-state index in [-0.39, 0.29) is 5.88 Å². The summed E-state index contributed by atoms with van der Waals surface area (Å²) in [7, 11) is -3.44. The van der Waals surface area contributed by atoms with Gasteiger partial charge in [0.1, 0.15) is 4.58 Å². The molecule has 1 atom stereocenters. The van der Waals surface area contributed by atoms with E-state index in [4.69, 9.17) is 11.6 Å². The lowest BCUT2D eigenvalue weighted by Gasteiger charge is -2.14. The Balaban J connectivity index is 2.26. The van der Waals surface area contributed by atoms with Crippen molar-refractivity contribution in [3.05, 3.63) is 59.1 Å². The van der Waals surface area contributed by atoms with E-state index >= 15 is 0 Å². The van der Waals surface area contributed by atoms with Gasteiger partial charge in [-0.25, -0.2) is 8.42 Å². The summed E-state index contributed by atoms with van der Waals surface area (Å²) < 4.78 is 25.3. The van der Waals surface area contributed by atoms with Crippen LogP contribution < -0.4 is 0 Å². The maximum Gasteiger partial charge on any atom is 0.192 e. The molecule has 0 aliphatic heterocycles. The van der Waals surface area contributed by atoms with Crippen LogP contribution in [0.3, 0.4) is 0 Å². The van der Waals surface area contributed by atoms with Gasteiger partial charge in [-0.3, -0.25) is 0 Å². The zero-order chi connectivity index (χ0) is 14.6. The van der Waals surface area contributed by atoms with Gasteiger partial charge in [-0.15, -0.1) is 23.4 Å². The molecule has 0 fully saturated rings. The normalized spacial score (nSPS) is 13.1. The smallest absolute Gasteiger partial charge is 0.192 e. The van der Waals surface area contributed by atoms with Crippen LogP contribution in [0, 0.1) is 0 Å². The summed E-state index contributed by atoms with van der Waals surface area (Å²) in [5.41, 5.74) is 0. The summed E-state index contributed by atoms with van der Waals surface area (Å²) in [5.74, 6) is 0.0396. The second kappa shape index (κ2) is 6.98. The van der Waals surface area contributed by atoms with E-state index in [2.05, 4.69) is 15.9 Å². The van der Waals surface area contributed by atoms with Crippen molar-refractivity contribution in [1.29, 1.82) is 0 Å². The lowest BCUT2D eigenvalue weighted by Crippen LogP contribution is -2.19. The number of alkyl halides is 1. The molecule has 0 N–H and O–H groups in total. The molecular weight excluding hydrogens is 380 g/mol. The molecule has 1 unspecified atom stereocenters. The Morgan fingerprint density at radius 2 is 1.65 bits per heavy atom. The first-order valence-electron chi connectivity index (χ1n) is 5.81. The predicted molar refractivity (Wildman–Crippen MR) is 88.1 cm³/mol. The fourth-order valence-electron chi connectivity index (χ4n) is 1.60. The third-order valence-corrected chi connectivity index (χ3v) is 7.64. The molecule has 0 radical (unpaired) electrons. The molecule has 20 heavy (non-hydrogen) atoms. The molecule has 0 spiro atoms. The van der Waals surface area contributed by atoms with Gasteiger partial charge >= 0.3 is 0 Å². The number of rotatable bonds is 5. The topological polar surface area (TPSA) is 34.1 Å². The number of halogens is 2. The molecule has 0 heterocycles. The summed E-state index contributed by atoms with van der Waals surface area (Å²) in [6.07, 6.45) is 0. The lowest BCUT2D eigenvalue weighted by atomic mass is 10.4. The number of benzene rings is 2. The van der Waals surface area contributed by atoms with Crippen molar-refractivity contribution >= 4 is 49.1 Å². The van der Waals surface area contributed by atoms with Crippen molar-refractivity contribution in [1.82, 2.24) is 0 Å². The van der Waals surface area contributed by atoms with E-state index in [1.165, 1.54) is 11.8 Å². The third kappa shape index (κ3) is 3.79. The summed E-state index contributed by atoms with van der Waals surface area (Å²) in [6.45, 7) is 0. The molecule has 0 saturated carbocycles. The SMILES string of the molecule is O=S(=O)(c1ccccc1)C(CCl)Sc1ccc(Br)cc1. The van der Waals surface area contributed by atoms with Crippen molar-refractivity contribution in [3.8, 4) is 0 Å². The molecule has 6 heteroatoms. The molecule has 106 valence electrons. The Morgan fingerprint density at radius 3 is 2.20 bits per heavy atom. The van der Waals surface area contributed by atoms with E-state index in [1.54, 1.807) is 30.3 Å². The molecule has 0 saturated heterocycles.